The van der Waals surface area contributed by atoms with Crippen molar-refractivity contribution in [3.8, 4) is 0 Å². The summed E-state index contributed by atoms with van der Waals surface area (Å²) in [4.78, 5) is 71.1. The van der Waals surface area contributed by atoms with Gasteiger partial charge < -0.3 is 41.7 Å². The molecule has 1 heterocycles. The average molecular weight is 446 g/mol. The van der Waals surface area contributed by atoms with Crippen molar-refractivity contribution >= 4 is 35.6 Å². The van der Waals surface area contributed by atoms with E-state index in [1.54, 1.807) is 0 Å². The van der Waals surface area contributed by atoms with Crippen molar-refractivity contribution in [3.05, 3.63) is 0 Å². The lowest BCUT2D eigenvalue weighted by Gasteiger charge is -2.29. The molecule has 1 aliphatic heterocycles. The van der Waals surface area contributed by atoms with Crippen molar-refractivity contribution in [2.45, 2.75) is 62.9 Å². The fourth-order valence-electron chi connectivity index (χ4n) is 3.08. The van der Waals surface area contributed by atoms with Crippen LogP contribution in [0.1, 0.15) is 32.6 Å². The molecule has 5 atom stereocenters. The second-order valence-corrected chi connectivity index (χ2v) is 7.12. The van der Waals surface area contributed by atoms with Gasteiger partial charge in [-0.2, -0.15) is 0 Å². The normalized spacial score (nSPS) is 19.6. The molecule has 0 aromatic rings. The SMILES string of the molecule is CC(O)C(NC(=O)C1CCCN1C(=O)C(N)CC(=O)O)C(=O)NC(CC(=O)O)C(=O)O. The van der Waals surface area contributed by atoms with E-state index in [1.807, 2.05) is 5.32 Å². The maximum atomic E-state index is 12.7. The number of likely N-dealkylation sites (tertiary alicyclic amines) is 1. The van der Waals surface area contributed by atoms with Gasteiger partial charge in [-0.25, -0.2) is 4.79 Å². The van der Waals surface area contributed by atoms with Crippen LogP contribution in [0, 0.1) is 0 Å². The lowest BCUT2D eigenvalue weighted by Crippen LogP contribution is -2.59. The van der Waals surface area contributed by atoms with E-state index in [2.05, 4.69) is 5.32 Å². The van der Waals surface area contributed by atoms with Gasteiger partial charge in [0.2, 0.25) is 17.7 Å². The molecule has 31 heavy (non-hydrogen) atoms. The highest BCUT2D eigenvalue weighted by atomic mass is 16.4. The van der Waals surface area contributed by atoms with Gasteiger partial charge in [0, 0.05) is 6.54 Å². The first kappa shape index (κ1) is 25.8. The zero-order valence-electron chi connectivity index (χ0n) is 16.7. The number of aliphatic hydroxyl groups excluding tert-OH is 1. The van der Waals surface area contributed by atoms with Crippen molar-refractivity contribution in [1.82, 2.24) is 15.5 Å². The standard InChI is InChI=1S/C17H26N4O10/c1-7(22)13(15(28)19-9(17(30)31)6-12(25)26)20-14(27)10-3-2-4-21(10)16(29)8(18)5-11(23)24/h7-10,13,22H,2-6,18H2,1H3,(H,19,28)(H,20,27)(H,23,24)(H,25,26)(H,30,31). The Kier molecular flexibility index (Phi) is 9.33. The van der Waals surface area contributed by atoms with E-state index in [4.69, 9.17) is 21.1 Å². The number of carboxylic acid groups (broad SMARTS) is 3. The zero-order chi connectivity index (χ0) is 23.9. The van der Waals surface area contributed by atoms with Crippen LogP contribution in [0.5, 0.6) is 0 Å². The summed E-state index contributed by atoms with van der Waals surface area (Å²) in [5, 5.41) is 40.6. The summed E-state index contributed by atoms with van der Waals surface area (Å²) >= 11 is 0. The van der Waals surface area contributed by atoms with E-state index < -0.39 is 78.7 Å². The Balaban J connectivity index is 2.89. The third-order valence-corrected chi connectivity index (χ3v) is 4.61. The highest BCUT2D eigenvalue weighted by Crippen LogP contribution is 2.19. The molecule has 3 amide bonds. The molecule has 0 saturated carbocycles. The highest BCUT2D eigenvalue weighted by molar-refractivity contribution is 5.95. The van der Waals surface area contributed by atoms with Crippen molar-refractivity contribution in [1.29, 1.82) is 0 Å². The Labute approximate surface area is 176 Å². The zero-order valence-corrected chi connectivity index (χ0v) is 16.7. The molecular formula is C17H26N4O10. The number of aliphatic carboxylic acids is 3. The van der Waals surface area contributed by atoms with Gasteiger partial charge in [0.25, 0.3) is 0 Å². The van der Waals surface area contributed by atoms with Crippen molar-refractivity contribution in [2.24, 2.45) is 5.73 Å². The number of amides is 3. The van der Waals surface area contributed by atoms with Crippen molar-refractivity contribution in [2.75, 3.05) is 6.54 Å². The molecule has 0 spiro atoms. The van der Waals surface area contributed by atoms with Gasteiger partial charge >= 0.3 is 17.9 Å². The molecular weight excluding hydrogens is 420 g/mol. The Bertz CT molecular complexity index is 740. The van der Waals surface area contributed by atoms with Crippen LogP contribution in [0.2, 0.25) is 0 Å². The fourth-order valence-corrected chi connectivity index (χ4v) is 3.08. The molecule has 1 aliphatic rings. The highest BCUT2D eigenvalue weighted by Gasteiger charge is 2.39. The average Bonchev–Trinajstić information content (AvgIpc) is 3.13. The molecule has 1 fully saturated rings. The van der Waals surface area contributed by atoms with Crippen LogP contribution in [0.15, 0.2) is 0 Å². The minimum atomic E-state index is -1.79. The lowest BCUT2D eigenvalue weighted by atomic mass is 10.1. The number of hydrogen-bond donors (Lipinski definition) is 7. The first-order chi connectivity index (χ1) is 14.3. The number of nitrogens with zero attached hydrogens (tertiary/aromatic N) is 1. The van der Waals surface area contributed by atoms with Gasteiger partial charge in [-0.05, 0) is 19.8 Å². The minimum Gasteiger partial charge on any atom is -0.481 e. The molecule has 14 nitrogen and oxygen atoms in total. The molecule has 1 saturated heterocycles. The van der Waals surface area contributed by atoms with Crippen LogP contribution < -0.4 is 16.4 Å². The first-order valence-corrected chi connectivity index (χ1v) is 9.36. The molecule has 174 valence electrons. The molecule has 0 aromatic heterocycles. The van der Waals surface area contributed by atoms with E-state index in [0.29, 0.717) is 6.42 Å². The summed E-state index contributed by atoms with van der Waals surface area (Å²) in [7, 11) is 0. The van der Waals surface area contributed by atoms with Crippen LogP contribution in [0.3, 0.4) is 0 Å². The topological polar surface area (TPSA) is 237 Å². The van der Waals surface area contributed by atoms with E-state index in [-0.39, 0.29) is 13.0 Å². The summed E-state index contributed by atoms with van der Waals surface area (Å²) in [6, 6.07) is -5.86. The first-order valence-electron chi connectivity index (χ1n) is 9.36. The molecule has 14 heteroatoms. The van der Waals surface area contributed by atoms with Crippen LogP contribution in [0.25, 0.3) is 0 Å². The maximum Gasteiger partial charge on any atom is 0.326 e. The van der Waals surface area contributed by atoms with E-state index in [9.17, 15) is 33.9 Å². The predicted molar refractivity (Wildman–Crippen MR) is 100 cm³/mol. The van der Waals surface area contributed by atoms with Crippen LogP contribution in [-0.2, 0) is 28.8 Å². The van der Waals surface area contributed by atoms with Crippen LogP contribution in [-0.4, -0.2) is 97.8 Å². The van der Waals surface area contributed by atoms with Crippen LogP contribution in [0.4, 0.5) is 0 Å². The smallest absolute Gasteiger partial charge is 0.326 e. The van der Waals surface area contributed by atoms with Gasteiger partial charge in [0.15, 0.2) is 0 Å². The van der Waals surface area contributed by atoms with E-state index in [1.165, 1.54) is 0 Å². The molecule has 1 rings (SSSR count). The molecule has 5 unspecified atom stereocenters. The van der Waals surface area contributed by atoms with Gasteiger partial charge in [-0.15, -0.1) is 0 Å². The van der Waals surface area contributed by atoms with E-state index in [0.717, 1.165) is 11.8 Å². The number of aliphatic hydroxyl groups is 1. The number of nitrogens with two attached hydrogens (primary N) is 1. The Morgan fingerprint density at radius 3 is 2.10 bits per heavy atom. The largest absolute Gasteiger partial charge is 0.481 e. The summed E-state index contributed by atoms with van der Waals surface area (Å²) in [6.45, 7) is 1.29. The molecule has 0 radical (unpaired) electrons. The predicted octanol–water partition coefficient (Wildman–Crippen LogP) is -3.31. The van der Waals surface area contributed by atoms with Crippen LogP contribution >= 0.6 is 0 Å². The monoisotopic (exact) mass is 446 g/mol. The number of hydrogen-bond acceptors (Lipinski definition) is 8. The Hall–Kier alpha value is -3.26. The third kappa shape index (κ3) is 7.49. The van der Waals surface area contributed by atoms with E-state index >= 15 is 0 Å². The third-order valence-electron chi connectivity index (χ3n) is 4.61. The summed E-state index contributed by atoms with van der Waals surface area (Å²) < 4.78 is 0. The van der Waals surface area contributed by atoms with Gasteiger partial charge in [0.05, 0.1) is 25.0 Å². The Morgan fingerprint density at radius 1 is 1.03 bits per heavy atom. The number of carbonyl (C=O) groups is 6. The number of carboxylic acids is 3. The second kappa shape index (κ2) is 11.2. The number of carbonyl (C=O) groups excluding carboxylic acids is 3. The second-order valence-electron chi connectivity index (χ2n) is 7.12. The summed E-state index contributed by atoms with van der Waals surface area (Å²) in [5.41, 5.74) is 5.57. The molecule has 0 bridgehead atoms. The Morgan fingerprint density at radius 2 is 1.61 bits per heavy atom. The number of rotatable bonds is 11. The fraction of sp³-hybridized carbons (Fsp3) is 0.647. The number of nitrogens with one attached hydrogen (secondary N) is 2. The quantitative estimate of drug-likeness (QED) is 0.166. The maximum absolute atomic E-state index is 12.7. The summed E-state index contributed by atoms with van der Waals surface area (Å²) in [5.74, 6) is -7.11. The lowest BCUT2D eigenvalue weighted by molar-refractivity contribution is -0.148. The van der Waals surface area contributed by atoms with Crippen molar-refractivity contribution in [3.63, 3.8) is 0 Å². The van der Waals surface area contributed by atoms with Crippen molar-refractivity contribution < 1.29 is 49.2 Å². The molecule has 0 aliphatic carbocycles. The van der Waals surface area contributed by atoms with Gasteiger partial charge in [0.1, 0.15) is 18.1 Å². The summed E-state index contributed by atoms with van der Waals surface area (Å²) in [6.07, 6.45) is -2.43. The minimum absolute atomic E-state index is 0.134. The molecule has 8 N–H and O–H groups in total. The van der Waals surface area contributed by atoms with Gasteiger partial charge in [-0.3, -0.25) is 24.0 Å². The van der Waals surface area contributed by atoms with Gasteiger partial charge in [-0.1, -0.05) is 0 Å². The molecule has 0 aromatic carbocycles.